The number of amides is 1. The van der Waals surface area contributed by atoms with E-state index in [9.17, 15) is 4.79 Å². The molecule has 0 radical (unpaired) electrons. The lowest BCUT2D eigenvalue weighted by Gasteiger charge is -2.14. The van der Waals surface area contributed by atoms with Gasteiger partial charge in [-0.05, 0) is 51.5 Å². The third-order valence-electron chi connectivity index (χ3n) is 3.88. The van der Waals surface area contributed by atoms with E-state index in [-0.39, 0.29) is 18.0 Å². The molecule has 1 amide bonds. The molecule has 1 heterocycles. The van der Waals surface area contributed by atoms with Crippen molar-refractivity contribution in [3.8, 4) is 17.1 Å². The van der Waals surface area contributed by atoms with Gasteiger partial charge < -0.3 is 10.1 Å². The Morgan fingerprint density at radius 2 is 1.92 bits per heavy atom. The summed E-state index contributed by atoms with van der Waals surface area (Å²) in [6.07, 6.45) is 0.917. The summed E-state index contributed by atoms with van der Waals surface area (Å²) in [5, 5.41) is 12.3. The van der Waals surface area contributed by atoms with Crippen molar-refractivity contribution in [2.24, 2.45) is 0 Å². The van der Waals surface area contributed by atoms with Gasteiger partial charge in [0.05, 0.1) is 12.9 Å². The summed E-state index contributed by atoms with van der Waals surface area (Å²) < 4.78 is 7.26. The van der Waals surface area contributed by atoms with Crippen molar-refractivity contribution in [3.05, 3.63) is 24.3 Å². The van der Waals surface area contributed by atoms with Crippen LogP contribution in [-0.4, -0.2) is 39.6 Å². The minimum absolute atomic E-state index is 0.0173. The van der Waals surface area contributed by atoms with Crippen LogP contribution in [0.3, 0.4) is 0 Å². The Balaban J connectivity index is 2.17. The van der Waals surface area contributed by atoms with Crippen molar-refractivity contribution >= 4 is 17.7 Å². The summed E-state index contributed by atoms with van der Waals surface area (Å²) in [6, 6.07) is 8.11. The predicted molar refractivity (Wildman–Crippen MR) is 101 cm³/mol. The largest absolute Gasteiger partial charge is 0.497 e. The first-order valence-electron chi connectivity index (χ1n) is 8.47. The molecular weight excluding hydrogens is 336 g/mol. The maximum Gasteiger partial charge on any atom is 0.230 e. The quantitative estimate of drug-likeness (QED) is 0.728. The van der Waals surface area contributed by atoms with Gasteiger partial charge in [-0.2, -0.15) is 0 Å². The van der Waals surface area contributed by atoms with Gasteiger partial charge in [0.25, 0.3) is 0 Å². The maximum absolute atomic E-state index is 12.0. The van der Waals surface area contributed by atoms with Crippen LogP contribution in [-0.2, 0) is 4.79 Å². The smallest absolute Gasteiger partial charge is 0.230 e. The molecule has 2 aromatic rings. The molecule has 0 aliphatic heterocycles. The van der Waals surface area contributed by atoms with E-state index in [1.54, 1.807) is 7.11 Å². The van der Waals surface area contributed by atoms with Gasteiger partial charge in [-0.1, -0.05) is 18.7 Å². The molecule has 6 nitrogen and oxygen atoms in total. The number of carbonyl (C=O) groups excluding carboxylic acids is 1. The molecule has 0 spiro atoms. The molecule has 7 heteroatoms. The second-order valence-corrected chi connectivity index (χ2v) is 7.11. The Labute approximate surface area is 153 Å². The number of rotatable bonds is 8. The van der Waals surface area contributed by atoms with Crippen LogP contribution >= 0.6 is 11.8 Å². The SMILES string of the molecule is CC[C@H](C)NC(=O)CSc1nnc(-c2ccc(OC)cc2)n1C(C)C. The van der Waals surface area contributed by atoms with Crippen molar-refractivity contribution in [1.29, 1.82) is 0 Å². The fourth-order valence-corrected chi connectivity index (χ4v) is 3.20. The molecule has 1 N–H and O–H groups in total. The summed E-state index contributed by atoms with van der Waals surface area (Å²) in [4.78, 5) is 12.0. The Morgan fingerprint density at radius 3 is 2.48 bits per heavy atom. The molecule has 0 saturated heterocycles. The van der Waals surface area contributed by atoms with Crippen LogP contribution in [0.1, 0.15) is 40.2 Å². The zero-order valence-electron chi connectivity index (χ0n) is 15.4. The zero-order chi connectivity index (χ0) is 18.4. The first-order valence-corrected chi connectivity index (χ1v) is 9.46. The lowest BCUT2D eigenvalue weighted by atomic mass is 10.2. The summed E-state index contributed by atoms with van der Waals surface area (Å²) in [6.45, 7) is 8.22. The topological polar surface area (TPSA) is 69.0 Å². The Morgan fingerprint density at radius 1 is 1.24 bits per heavy atom. The fourth-order valence-electron chi connectivity index (χ4n) is 2.33. The molecule has 0 saturated carbocycles. The highest BCUT2D eigenvalue weighted by Gasteiger charge is 2.18. The molecule has 25 heavy (non-hydrogen) atoms. The summed E-state index contributed by atoms with van der Waals surface area (Å²) in [5.41, 5.74) is 0.970. The number of methoxy groups -OCH3 is 1. The highest BCUT2D eigenvalue weighted by atomic mass is 32.2. The normalized spacial score (nSPS) is 12.2. The summed E-state index contributed by atoms with van der Waals surface area (Å²) in [7, 11) is 1.64. The number of thioether (sulfide) groups is 1. The number of nitrogens with one attached hydrogen (secondary N) is 1. The average Bonchev–Trinajstić information content (AvgIpc) is 3.04. The van der Waals surface area contributed by atoms with Crippen molar-refractivity contribution in [2.45, 2.75) is 51.4 Å². The van der Waals surface area contributed by atoms with Crippen LogP contribution in [0.2, 0.25) is 0 Å². The predicted octanol–water partition coefficient (Wildman–Crippen LogP) is 3.54. The molecule has 0 unspecified atom stereocenters. The van der Waals surface area contributed by atoms with Crippen LogP contribution in [0.4, 0.5) is 0 Å². The van der Waals surface area contributed by atoms with Gasteiger partial charge in [-0.25, -0.2) is 0 Å². The fraction of sp³-hybridized carbons (Fsp3) is 0.500. The van der Waals surface area contributed by atoms with Gasteiger partial charge in [0.2, 0.25) is 5.91 Å². The highest BCUT2D eigenvalue weighted by Crippen LogP contribution is 2.28. The van der Waals surface area contributed by atoms with Crippen LogP contribution < -0.4 is 10.1 Å². The summed E-state index contributed by atoms with van der Waals surface area (Å²) >= 11 is 1.41. The van der Waals surface area contributed by atoms with E-state index < -0.39 is 0 Å². The highest BCUT2D eigenvalue weighted by molar-refractivity contribution is 7.99. The minimum atomic E-state index is 0.0173. The second-order valence-electron chi connectivity index (χ2n) is 6.16. The number of hydrogen-bond acceptors (Lipinski definition) is 5. The third-order valence-corrected chi connectivity index (χ3v) is 4.82. The third kappa shape index (κ3) is 4.98. The second kappa shape index (κ2) is 8.89. The first-order chi connectivity index (χ1) is 12.0. The molecule has 0 bridgehead atoms. The van der Waals surface area contributed by atoms with Gasteiger partial charge in [0, 0.05) is 17.6 Å². The number of ether oxygens (including phenoxy) is 1. The Bertz CT molecular complexity index is 698. The Kier molecular flexibility index (Phi) is 6.87. The van der Waals surface area contributed by atoms with E-state index in [0.717, 1.165) is 28.7 Å². The molecule has 136 valence electrons. The molecular formula is C18H26N4O2S. The number of carbonyl (C=O) groups is 1. The first kappa shape index (κ1) is 19.3. The molecule has 1 atom stereocenters. The lowest BCUT2D eigenvalue weighted by Crippen LogP contribution is -2.33. The van der Waals surface area contributed by atoms with Crippen molar-refractivity contribution in [2.75, 3.05) is 12.9 Å². The number of aromatic nitrogens is 3. The van der Waals surface area contributed by atoms with Crippen LogP contribution in [0, 0.1) is 0 Å². The standard InChI is InChI=1S/C18H26N4O2S/c1-6-13(4)19-16(23)11-25-18-21-20-17(22(18)12(2)3)14-7-9-15(24-5)10-8-14/h7-10,12-13H,6,11H2,1-5H3,(H,19,23)/t13-/m0/s1. The molecule has 0 aliphatic carbocycles. The summed E-state index contributed by atoms with van der Waals surface area (Å²) in [5.74, 6) is 1.94. The number of benzene rings is 1. The van der Waals surface area contributed by atoms with Gasteiger partial charge in [-0.3, -0.25) is 9.36 Å². The van der Waals surface area contributed by atoms with E-state index >= 15 is 0 Å². The molecule has 0 aliphatic rings. The van der Waals surface area contributed by atoms with Crippen molar-refractivity contribution < 1.29 is 9.53 Å². The van der Waals surface area contributed by atoms with Gasteiger partial charge in [0.1, 0.15) is 5.75 Å². The van der Waals surface area contributed by atoms with E-state index in [0.29, 0.717) is 5.75 Å². The van der Waals surface area contributed by atoms with Gasteiger partial charge in [-0.15, -0.1) is 10.2 Å². The van der Waals surface area contributed by atoms with E-state index in [4.69, 9.17) is 4.74 Å². The van der Waals surface area contributed by atoms with Crippen LogP contribution in [0.25, 0.3) is 11.4 Å². The van der Waals surface area contributed by atoms with Gasteiger partial charge >= 0.3 is 0 Å². The number of nitrogens with zero attached hydrogens (tertiary/aromatic N) is 3. The molecule has 1 aromatic heterocycles. The maximum atomic E-state index is 12.0. The minimum Gasteiger partial charge on any atom is -0.497 e. The van der Waals surface area contributed by atoms with Crippen LogP contribution in [0.15, 0.2) is 29.4 Å². The molecule has 0 fully saturated rings. The lowest BCUT2D eigenvalue weighted by molar-refractivity contribution is -0.119. The Hall–Kier alpha value is -2.02. The van der Waals surface area contributed by atoms with E-state index in [1.165, 1.54) is 11.8 Å². The van der Waals surface area contributed by atoms with Crippen molar-refractivity contribution in [1.82, 2.24) is 20.1 Å². The number of hydrogen-bond donors (Lipinski definition) is 1. The van der Waals surface area contributed by atoms with Crippen LogP contribution in [0.5, 0.6) is 5.75 Å². The van der Waals surface area contributed by atoms with Crippen molar-refractivity contribution in [3.63, 3.8) is 0 Å². The van der Waals surface area contributed by atoms with E-state index in [2.05, 4.69) is 40.9 Å². The zero-order valence-corrected chi connectivity index (χ0v) is 16.3. The monoisotopic (exact) mass is 362 g/mol. The molecule has 2 rings (SSSR count). The van der Waals surface area contributed by atoms with E-state index in [1.807, 2.05) is 31.2 Å². The average molecular weight is 362 g/mol. The van der Waals surface area contributed by atoms with Gasteiger partial charge in [0.15, 0.2) is 11.0 Å². The molecule has 1 aromatic carbocycles.